The maximum absolute atomic E-state index is 5.44. The van der Waals surface area contributed by atoms with Crippen molar-refractivity contribution in [2.45, 2.75) is 70.8 Å². The minimum atomic E-state index is -0.111. The first-order valence-corrected chi connectivity index (χ1v) is 11.7. The smallest absolute Gasteiger partial charge is 0.673 e. The summed E-state index contributed by atoms with van der Waals surface area (Å²) in [4.78, 5) is 5.15. The molecule has 2 unspecified atom stereocenters. The summed E-state index contributed by atoms with van der Waals surface area (Å²) < 4.78 is 0. The van der Waals surface area contributed by atoms with E-state index in [0.717, 1.165) is 11.4 Å². The van der Waals surface area contributed by atoms with Crippen LogP contribution in [0.2, 0.25) is 0 Å². The van der Waals surface area contributed by atoms with Gasteiger partial charge in [0.1, 0.15) is 0 Å². The largest absolute Gasteiger partial charge is 4.00 e. The third kappa shape index (κ3) is 6.91. The number of hydrogen-bond donors (Lipinski definition) is 0. The summed E-state index contributed by atoms with van der Waals surface area (Å²) in [6.07, 6.45) is 6.09. The Labute approximate surface area is 228 Å². The molecule has 0 N–H and O–H groups in total. The van der Waals surface area contributed by atoms with E-state index in [1.807, 2.05) is 0 Å². The Morgan fingerprint density at radius 3 is 2.00 bits per heavy atom. The predicted molar refractivity (Wildman–Crippen MR) is 144 cm³/mol. The second kappa shape index (κ2) is 14.0. The van der Waals surface area contributed by atoms with Crippen LogP contribution >= 0.6 is 0 Å². The van der Waals surface area contributed by atoms with Crippen LogP contribution in [0.25, 0.3) is 5.32 Å². The van der Waals surface area contributed by atoms with Gasteiger partial charge in [0.15, 0.2) is 0 Å². The van der Waals surface area contributed by atoms with E-state index in [-0.39, 0.29) is 47.1 Å². The summed E-state index contributed by atoms with van der Waals surface area (Å²) in [6, 6.07) is 23.6. The van der Waals surface area contributed by atoms with Gasteiger partial charge < -0.3 is 26.6 Å². The summed E-state index contributed by atoms with van der Waals surface area (Å²) in [6.45, 7) is 9.02. The van der Waals surface area contributed by atoms with Crippen molar-refractivity contribution >= 4 is 5.69 Å². The van der Waals surface area contributed by atoms with Crippen LogP contribution in [0.5, 0.6) is 0 Å². The Morgan fingerprint density at radius 2 is 1.44 bits per heavy atom. The van der Waals surface area contributed by atoms with Crippen molar-refractivity contribution in [1.29, 1.82) is 0 Å². The third-order valence-corrected chi connectivity index (χ3v) is 6.34. The Kier molecular flexibility index (Phi) is 12.5. The second-order valence-electron chi connectivity index (χ2n) is 9.30. The number of hydrogen-bond acceptors (Lipinski definition) is 1. The summed E-state index contributed by atoms with van der Waals surface area (Å²) >= 11 is 0. The van der Waals surface area contributed by atoms with Crippen molar-refractivity contribution in [2.24, 2.45) is 0 Å². The first-order valence-electron chi connectivity index (χ1n) is 11.7. The van der Waals surface area contributed by atoms with Crippen LogP contribution in [0, 0.1) is 21.3 Å². The average Bonchev–Trinajstić information content (AvgIpc) is 3.33. The van der Waals surface area contributed by atoms with E-state index >= 15 is 0 Å². The SMILES string of the molecule is CC(C)c1cccc(C(C)C)c1[N-]C(c1ccccc1)c1cccc(C2[CH-]CCC2)n1.[CH3-].[CH3-].[Zr+4]. The fraction of sp³-hybridized carbons (Fsp3) is 0.355. The van der Waals surface area contributed by atoms with Gasteiger partial charge in [-0.3, -0.25) is 4.98 Å². The number of pyridine rings is 1. The Morgan fingerprint density at radius 1 is 0.824 bits per heavy atom. The van der Waals surface area contributed by atoms with Crippen LogP contribution in [0.1, 0.15) is 98.8 Å². The maximum Gasteiger partial charge on any atom is 4.00 e. The molecule has 0 saturated heterocycles. The van der Waals surface area contributed by atoms with Gasteiger partial charge in [0.25, 0.3) is 0 Å². The van der Waals surface area contributed by atoms with Gasteiger partial charge in [-0.2, -0.15) is 6.42 Å². The first kappa shape index (κ1) is 30.3. The molecule has 1 aliphatic carbocycles. The van der Waals surface area contributed by atoms with Gasteiger partial charge in [-0.25, -0.2) is 0 Å². The fourth-order valence-corrected chi connectivity index (χ4v) is 4.61. The molecule has 4 rings (SSSR count). The van der Waals surface area contributed by atoms with E-state index in [1.165, 1.54) is 41.6 Å². The summed E-state index contributed by atoms with van der Waals surface area (Å²) in [5, 5.41) is 5.44. The Bertz CT molecular complexity index is 965. The molecule has 178 valence electrons. The molecule has 2 aromatic carbocycles. The van der Waals surface area contributed by atoms with Crippen LogP contribution in [-0.4, -0.2) is 4.98 Å². The number of nitrogens with zero attached hydrogens (tertiary/aromatic N) is 2. The van der Waals surface area contributed by atoms with E-state index in [1.54, 1.807) is 0 Å². The van der Waals surface area contributed by atoms with Gasteiger partial charge in [0, 0.05) is 11.4 Å². The number of rotatable bonds is 7. The zero-order valence-corrected chi connectivity index (χ0v) is 24.2. The summed E-state index contributed by atoms with van der Waals surface area (Å²) in [5.41, 5.74) is 7.18. The molecular formula is C31H40N2Zr. The molecule has 0 bridgehead atoms. The van der Waals surface area contributed by atoms with E-state index < -0.39 is 0 Å². The van der Waals surface area contributed by atoms with Crippen molar-refractivity contribution < 1.29 is 26.2 Å². The Hall–Kier alpha value is -1.73. The van der Waals surface area contributed by atoms with Gasteiger partial charge >= 0.3 is 26.2 Å². The van der Waals surface area contributed by atoms with Crippen LogP contribution in [-0.2, 0) is 26.2 Å². The van der Waals surface area contributed by atoms with Gasteiger partial charge in [-0.15, -0.1) is 11.6 Å². The minimum Gasteiger partial charge on any atom is -0.673 e. The van der Waals surface area contributed by atoms with Gasteiger partial charge in [-0.05, 0) is 30.0 Å². The molecule has 34 heavy (non-hydrogen) atoms. The van der Waals surface area contributed by atoms with Crippen LogP contribution in [0.15, 0.2) is 66.7 Å². The molecule has 1 aliphatic rings. The molecule has 3 heteroatoms. The molecule has 2 nitrogen and oxygen atoms in total. The quantitative estimate of drug-likeness (QED) is 0.279. The van der Waals surface area contributed by atoms with Gasteiger partial charge in [-0.1, -0.05) is 112 Å². The van der Waals surface area contributed by atoms with Crippen molar-refractivity contribution in [3.05, 3.63) is 121 Å². The van der Waals surface area contributed by atoms with E-state index in [4.69, 9.17) is 10.3 Å². The van der Waals surface area contributed by atoms with Crippen LogP contribution in [0.4, 0.5) is 5.69 Å². The van der Waals surface area contributed by atoms with Crippen molar-refractivity contribution in [2.75, 3.05) is 0 Å². The van der Waals surface area contributed by atoms with E-state index in [2.05, 4.69) is 101 Å². The monoisotopic (exact) mass is 530 g/mol. The normalized spacial score (nSPS) is 15.8. The van der Waals surface area contributed by atoms with Crippen molar-refractivity contribution in [3.8, 4) is 0 Å². The molecule has 0 amide bonds. The van der Waals surface area contributed by atoms with Gasteiger partial charge in [0.2, 0.25) is 0 Å². The summed E-state index contributed by atoms with van der Waals surface area (Å²) in [7, 11) is 0. The van der Waals surface area contributed by atoms with E-state index in [0.29, 0.717) is 17.8 Å². The first-order chi connectivity index (χ1) is 15.0. The molecule has 0 spiro atoms. The zero-order chi connectivity index (χ0) is 21.8. The number of para-hydroxylation sites is 1. The van der Waals surface area contributed by atoms with E-state index in [9.17, 15) is 0 Å². The fourth-order valence-electron chi connectivity index (χ4n) is 4.61. The molecule has 3 aromatic rings. The molecule has 1 aromatic heterocycles. The van der Waals surface area contributed by atoms with Gasteiger partial charge in [0.05, 0.1) is 0 Å². The zero-order valence-electron chi connectivity index (χ0n) is 21.8. The molecule has 0 radical (unpaired) electrons. The molecule has 1 fully saturated rings. The topological polar surface area (TPSA) is 27.0 Å². The average molecular weight is 532 g/mol. The molecule has 2 atom stereocenters. The van der Waals surface area contributed by atoms with Crippen LogP contribution in [0.3, 0.4) is 0 Å². The summed E-state index contributed by atoms with van der Waals surface area (Å²) in [5.74, 6) is 1.31. The van der Waals surface area contributed by atoms with Crippen molar-refractivity contribution in [3.63, 3.8) is 0 Å². The second-order valence-corrected chi connectivity index (χ2v) is 9.30. The third-order valence-electron chi connectivity index (χ3n) is 6.34. The standard InChI is InChI=1S/C29H34N2.2CH3.Zr/c1-20(2)24-16-10-17-25(21(3)4)29(24)31-28(23-14-6-5-7-15-23)27-19-11-18-26(30-27)22-12-8-9-13-22;;;/h5-7,10-12,14-22,28H,8-9,13H2,1-4H3;2*1H3;/q-2;2*-1;+4. The maximum atomic E-state index is 5.44. The molecular weight excluding hydrogens is 492 g/mol. The predicted octanol–water partition coefficient (Wildman–Crippen LogP) is 9.49. The molecule has 0 aliphatic heterocycles. The Balaban J connectivity index is 0.00000193. The van der Waals surface area contributed by atoms with Crippen molar-refractivity contribution in [1.82, 2.24) is 4.98 Å². The number of aromatic nitrogens is 1. The minimum absolute atomic E-state index is 0. The molecule has 1 heterocycles. The molecule has 1 saturated carbocycles. The van der Waals surface area contributed by atoms with Crippen LogP contribution < -0.4 is 0 Å². The number of benzene rings is 2.